The summed E-state index contributed by atoms with van der Waals surface area (Å²) in [6.45, 7) is 6.56. The highest BCUT2D eigenvalue weighted by molar-refractivity contribution is 5.98. The number of nitrogens with one attached hydrogen (secondary N) is 1. The van der Waals surface area contributed by atoms with E-state index in [0.29, 0.717) is 5.78 Å². The second kappa shape index (κ2) is 6.51. The van der Waals surface area contributed by atoms with Gasteiger partial charge in [-0.25, -0.2) is 0 Å². The highest BCUT2D eigenvalue weighted by atomic mass is 16.1. The van der Waals surface area contributed by atoms with Crippen LogP contribution in [0.1, 0.15) is 69.1 Å². The van der Waals surface area contributed by atoms with Crippen LogP contribution in [0.5, 0.6) is 0 Å². The van der Waals surface area contributed by atoms with Crippen molar-refractivity contribution in [1.82, 2.24) is 5.32 Å². The minimum atomic E-state index is -0.00361. The number of carbonyl (C=O) groups excluding carboxylic acids is 1. The number of allylic oxidation sites excluding steroid dienone is 1. The first-order chi connectivity index (χ1) is 10.9. The lowest BCUT2D eigenvalue weighted by Gasteiger charge is -2.36. The largest absolute Gasteiger partial charge is 0.379 e. The van der Waals surface area contributed by atoms with Gasteiger partial charge in [0.2, 0.25) is 0 Å². The second-order valence-electron chi connectivity index (χ2n) is 8.00. The highest BCUT2D eigenvalue weighted by Gasteiger charge is 2.28. The van der Waals surface area contributed by atoms with E-state index in [-0.39, 0.29) is 11.5 Å². The van der Waals surface area contributed by atoms with Crippen LogP contribution in [0.4, 0.5) is 0 Å². The van der Waals surface area contributed by atoms with Crippen molar-refractivity contribution in [3.63, 3.8) is 0 Å². The number of fused-ring (bicyclic) bond motifs is 1. The number of ketones is 1. The Bertz CT molecular complexity index is 619. The molecule has 1 aromatic rings. The molecule has 0 bridgehead atoms. The van der Waals surface area contributed by atoms with E-state index in [1.165, 1.54) is 42.4 Å². The normalized spacial score (nSPS) is 23.0. The topological polar surface area (TPSA) is 29.1 Å². The van der Waals surface area contributed by atoms with Gasteiger partial charge in [0, 0.05) is 28.8 Å². The van der Waals surface area contributed by atoms with Gasteiger partial charge >= 0.3 is 0 Å². The van der Waals surface area contributed by atoms with E-state index in [1.54, 1.807) is 0 Å². The maximum absolute atomic E-state index is 12.8. The molecule has 1 N–H and O–H groups in total. The fourth-order valence-electron chi connectivity index (χ4n) is 4.02. The van der Waals surface area contributed by atoms with Gasteiger partial charge in [-0.1, -0.05) is 49.4 Å². The molecule has 1 saturated carbocycles. The van der Waals surface area contributed by atoms with Crippen molar-refractivity contribution in [2.45, 2.75) is 71.3 Å². The van der Waals surface area contributed by atoms with Crippen LogP contribution in [0.2, 0.25) is 0 Å². The predicted octanol–water partition coefficient (Wildman–Crippen LogP) is 4.80. The Balaban J connectivity index is 1.90. The lowest BCUT2D eigenvalue weighted by molar-refractivity contribution is -0.118. The van der Waals surface area contributed by atoms with Gasteiger partial charge in [0.15, 0.2) is 5.78 Å². The molecule has 1 fully saturated rings. The van der Waals surface area contributed by atoms with E-state index in [2.05, 4.69) is 44.3 Å². The lowest BCUT2D eigenvalue weighted by Crippen LogP contribution is -2.44. The molecule has 0 spiro atoms. The van der Waals surface area contributed by atoms with E-state index >= 15 is 0 Å². The zero-order valence-corrected chi connectivity index (χ0v) is 14.7. The van der Waals surface area contributed by atoms with Crippen LogP contribution in [0.25, 0.3) is 5.70 Å². The summed E-state index contributed by atoms with van der Waals surface area (Å²) in [4.78, 5) is 12.8. The standard InChI is InChI=1S/C21H29NO/c1-15-10-11-18-17(12-15)14-21(2,3)22-19(18)13-20(23)16-8-6-4-5-7-9-16/h10-13,16,22H,4-9,14H2,1-3H3/b19-13+. The third-order valence-corrected chi connectivity index (χ3v) is 5.20. The molecule has 1 aliphatic heterocycles. The Kier molecular flexibility index (Phi) is 4.61. The SMILES string of the molecule is Cc1ccc2c(c1)CC(C)(C)N/C2=C/C(=O)C1CCCCCC1. The molecule has 2 heteroatoms. The maximum Gasteiger partial charge on any atom is 0.160 e. The molecule has 0 saturated heterocycles. The average Bonchev–Trinajstić information content (AvgIpc) is 2.74. The van der Waals surface area contributed by atoms with Gasteiger partial charge in [-0.3, -0.25) is 4.79 Å². The van der Waals surface area contributed by atoms with E-state index in [9.17, 15) is 4.79 Å². The fraction of sp³-hybridized carbons (Fsp3) is 0.571. The summed E-state index contributed by atoms with van der Waals surface area (Å²) in [6, 6.07) is 6.57. The summed E-state index contributed by atoms with van der Waals surface area (Å²) < 4.78 is 0. The average molecular weight is 311 g/mol. The smallest absolute Gasteiger partial charge is 0.160 e. The predicted molar refractivity (Wildman–Crippen MR) is 96.3 cm³/mol. The minimum absolute atomic E-state index is 0.00361. The van der Waals surface area contributed by atoms with Crippen LogP contribution in [0.15, 0.2) is 24.3 Å². The zero-order chi connectivity index (χ0) is 16.4. The fourth-order valence-corrected chi connectivity index (χ4v) is 4.02. The Hall–Kier alpha value is -1.57. The van der Waals surface area contributed by atoms with Gasteiger partial charge in [0.1, 0.15) is 0 Å². The van der Waals surface area contributed by atoms with Crippen LogP contribution in [0.3, 0.4) is 0 Å². The number of benzene rings is 1. The van der Waals surface area contributed by atoms with Crippen LogP contribution < -0.4 is 5.32 Å². The molecule has 1 aliphatic carbocycles. The highest BCUT2D eigenvalue weighted by Crippen LogP contribution is 2.31. The Morgan fingerprint density at radius 1 is 1.17 bits per heavy atom. The van der Waals surface area contributed by atoms with Gasteiger partial charge in [0.25, 0.3) is 0 Å². The summed E-state index contributed by atoms with van der Waals surface area (Å²) in [7, 11) is 0. The van der Waals surface area contributed by atoms with E-state index in [0.717, 1.165) is 25.0 Å². The third kappa shape index (κ3) is 3.85. The van der Waals surface area contributed by atoms with Crippen LogP contribution >= 0.6 is 0 Å². The molecule has 23 heavy (non-hydrogen) atoms. The molecule has 2 nitrogen and oxygen atoms in total. The van der Waals surface area contributed by atoms with Crippen LogP contribution in [0, 0.1) is 12.8 Å². The first-order valence-corrected chi connectivity index (χ1v) is 9.08. The Morgan fingerprint density at radius 3 is 2.57 bits per heavy atom. The lowest BCUT2D eigenvalue weighted by atomic mass is 9.84. The van der Waals surface area contributed by atoms with Gasteiger partial charge in [-0.05, 0) is 45.6 Å². The molecule has 3 rings (SSSR count). The van der Waals surface area contributed by atoms with Crippen molar-refractivity contribution in [3.8, 4) is 0 Å². The van der Waals surface area contributed by atoms with Crippen molar-refractivity contribution in [3.05, 3.63) is 41.0 Å². The van der Waals surface area contributed by atoms with Crippen molar-refractivity contribution >= 4 is 11.5 Å². The van der Waals surface area contributed by atoms with Gasteiger partial charge in [-0.15, -0.1) is 0 Å². The molecule has 2 aliphatic rings. The molecule has 0 atom stereocenters. The third-order valence-electron chi connectivity index (χ3n) is 5.20. The van der Waals surface area contributed by atoms with Crippen LogP contribution in [-0.2, 0) is 11.2 Å². The number of hydrogen-bond acceptors (Lipinski definition) is 2. The van der Waals surface area contributed by atoms with E-state index in [1.807, 2.05) is 6.08 Å². The van der Waals surface area contributed by atoms with Gasteiger partial charge < -0.3 is 5.32 Å². The summed E-state index contributed by atoms with van der Waals surface area (Å²) in [5.74, 6) is 0.546. The van der Waals surface area contributed by atoms with Gasteiger partial charge in [0.05, 0.1) is 0 Å². The van der Waals surface area contributed by atoms with E-state index in [4.69, 9.17) is 0 Å². The minimum Gasteiger partial charge on any atom is -0.379 e. The van der Waals surface area contributed by atoms with Crippen molar-refractivity contribution < 1.29 is 4.79 Å². The molecule has 1 heterocycles. The summed E-state index contributed by atoms with van der Waals surface area (Å²) in [5, 5.41) is 3.59. The Labute approximate surface area is 140 Å². The molecule has 0 radical (unpaired) electrons. The maximum atomic E-state index is 12.8. The van der Waals surface area contributed by atoms with E-state index < -0.39 is 0 Å². The van der Waals surface area contributed by atoms with Crippen LogP contribution in [-0.4, -0.2) is 11.3 Å². The number of carbonyl (C=O) groups is 1. The molecule has 0 amide bonds. The Morgan fingerprint density at radius 2 is 1.87 bits per heavy atom. The molecule has 1 aromatic carbocycles. The second-order valence-corrected chi connectivity index (χ2v) is 8.00. The molecular formula is C21H29NO. The monoisotopic (exact) mass is 311 g/mol. The molecular weight excluding hydrogens is 282 g/mol. The number of rotatable bonds is 2. The summed E-state index contributed by atoms with van der Waals surface area (Å²) in [6.07, 6.45) is 9.99. The van der Waals surface area contributed by atoms with Gasteiger partial charge in [-0.2, -0.15) is 0 Å². The first-order valence-electron chi connectivity index (χ1n) is 9.08. The quantitative estimate of drug-likeness (QED) is 0.628. The number of hydrogen-bond donors (Lipinski definition) is 1. The summed E-state index contributed by atoms with van der Waals surface area (Å²) >= 11 is 0. The molecule has 124 valence electrons. The number of aryl methyl sites for hydroxylation is 1. The first kappa shape index (κ1) is 16.3. The molecule has 0 unspecified atom stereocenters. The van der Waals surface area contributed by atoms with Crippen molar-refractivity contribution in [1.29, 1.82) is 0 Å². The van der Waals surface area contributed by atoms with Crippen molar-refractivity contribution in [2.24, 2.45) is 5.92 Å². The zero-order valence-electron chi connectivity index (χ0n) is 14.7. The molecule has 0 aromatic heterocycles. The summed E-state index contributed by atoms with van der Waals surface area (Å²) in [5.41, 5.74) is 4.86. The van der Waals surface area contributed by atoms with Crippen molar-refractivity contribution in [2.75, 3.05) is 0 Å².